The fourth-order valence-electron chi connectivity index (χ4n) is 4.56. The number of nitrogens with zero attached hydrogens (tertiary/aromatic N) is 2. The number of rotatable bonds is 6. The summed E-state index contributed by atoms with van der Waals surface area (Å²) in [5.41, 5.74) is 2.27. The van der Waals surface area contributed by atoms with E-state index in [2.05, 4.69) is 35.3 Å². The van der Waals surface area contributed by atoms with E-state index >= 15 is 0 Å². The zero-order chi connectivity index (χ0) is 22.1. The zero-order valence-electron chi connectivity index (χ0n) is 18.4. The lowest BCUT2D eigenvalue weighted by molar-refractivity contribution is -0.101. The third-order valence-electron chi connectivity index (χ3n) is 6.10. The van der Waals surface area contributed by atoms with E-state index in [1.165, 1.54) is 0 Å². The van der Waals surface area contributed by atoms with E-state index in [-0.39, 0.29) is 12.1 Å². The second kappa shape index (κ2) is 8.31. The van der Waals surface area contributed by atoms with E-state index in [1.807, 2.05) is 43.5 Å². The summed E-state index contributed by atoms with van der Waals surface area (Å²) in [5, 5.41) is 10.5. The highest BCUT2D eigenvalue weighted by atomic mass is 16.6. The summed E-state index contributed by atoms with van der Waals surface area (Å²) < 4.78 is 6.10. The van der Waals surface area contributed by atoms with Crippen molar-refractivity contribution in [3.8, 4) is 0 Å². The number of cyclic esters (lactones) is 1. The summed E-state index contributed by atoms with van der Waals surface area (Å²) in [5.74, 6) is 0. The molecule has 0 radical (unpaired) electrons. The van der Waals surface area contributed by atoms with Gasteiger partial charge >= 0.3 is 6.09 Å². The van der Waals surface area contributed by atoms with Crippen LogP contribution >= 0.6 is 0 Å². The minimum atomic E-state index is -0.961. The van der Waals surface area contributed by atoms with Crippen LogP contribution in [0.2, 0.25) is 0 Å². The summed E-state index contributed by atoms with van der Waals surface area (Å²) in [6.07, 6.45) is 5.51. The van der Waals surface area contributed by atoms with Gasteiger partial charge in [-0.3, -0.25) is 4.99 Å². The summed E-state index contributed by atoms with van der Waals surface area (Å²) >= 11 is 0. The van der Waals surface area contributed by atoms with Gasteiger partial charge < -0.3 is 14.7 Å². The van der Waals surface area contributed by atoms with Crippen LogP contribution in [-0.2, 0) is 10.3 Å². The normalized spacial score (nSPS) is 22.3. The SMILES string of the molecule is C[C@@H](c1ccc(C2=CCC=N2)cc1)N1CC[C@](CC(C)(C)O)(c2ccccc2)OC1=O. The molecule has 2 aliphatic heterocycles. The lowest BCUT2D eigenvalue weighted by Gasteiger charge is -2.45. The Labute approximate surface area is 184 Å². The van der Waals surface area contributed by atoms with Crippen LogP contribution in [0.25, 0.3) is 5.70 Å². The number of amides is 1. The Balaban J connectivity index is 1.53. The fraction of sp³-hybridized carbons (Fsp3) is 0.385. The van der Waals surface area contributed by atoms with Crippen molar-refractivity contribution in [3.63, 3.8) is 0 Å². The number of allylic oxidation sites excluding steroid dienone is 1. The molecule has 2 aromatic carbocycles. The van der Waals surface area contributed by atoms with E-state index < -0.39 is 11.2 Å². The van der Waals surface area contributed by atoms with E-state index in [1.54, 1.807) is 18.7 Å². The Morgan fingerprint density at radius 2 is 1.87 bits per heavy atom. The van der Waals surface area contributed by atoms with Gasteiger partial charge in [0.1, 0.15) is 5.60 Å². The van der Waals surface area contributed by atoms with E-state index in [0.29, 0.717) is 19.4 Å². The molecule has 1 saturated heterocycles. The van der Waals surface area contributed by atoms with Crippen molar-refractivity contribution in [2.45, 2.75) is 57.3 Å². The van der Waals surface area contributed by atoms with Crippen molar-refractivity contribution in [3.05, 3.63) is 77.4 Å². The Morgan fingerprint density at radius 1 is 1.16 bits per heavy atom. The number of hydrogen-bond donors (Lipinski definition) is 1. The highest BCUT2D eigenvalue weighted by Crippen LogP contribution is 2.42. The highest BCUT2D eigenvalue weighted by molar-refractivity contribution is 5.81. The molecule has 0 aliphatic carbocycles. The molecule has 1 amide bonds. The molecule has 2 aliphatic rings. The van der Waals surface area contributed by atoms with Crippen molar-refractivity contribution in [2.24, 2.45) is 4.99 Å². The molecule has 0 aromatic heterocycles. The first-order chi connectivity index (χ1) is 14.8. The first-order valence-electron chi connectivity index (χ1n) is 10.9. The monoisotopic (exact) mass is 418 g/mol. The number of hydrogen-bond acceptors (Lipinski definition) is 4. The Kier molecular flexibility index (Phi) is 5.71. The van der Waals surface area contributed by atoms with Crippen molar-refractivity contribution >= 4 is 18.0 Å². The first-order valence-corrected chi connectivity index (χ1v) is 10.9. The molecular formula is C26H30N2O3. The Bertz CT molecular complexity index is 990. The molecular weight excluding hydrogens is 388 g/mol. The summed E-state index contributed by atoms with van der Waals surface area (Å²) in [4.78, 5) is 19.3. The van der Waals surface area contributed by atoms with Crippen LogP contribution in [0, 0.1) is 0 Å². The van der Waals surface area contributed by atoms with Crippen molar-refractivity contribution in [1.82, 2.24) is 4.90 Å². The lowest BCUT2D eigenvalue weighted by atomic mass is 9.80. The van der Waals surface area contributed by atoms with Crippen LogP contribution in [0.5, 0.6) is 0 Å². The molecule has 2 aromatic rings. The quantitative estimate of drug-likeness (QED) is 0.677. The molecule has 0 unspecified atom stereocenters. The molecule has 4 rings (SSSR count). The van der Waals surface area contributed by atoms with Gasteiger partial charge in [0.2, 0.25) is 0 Å². The van der Waals surface area contributed by atoms with Gasteiger partial charge in [-0.1, -0.05) is 60.7 Å². The minimum Gasteiger partial charge on any atom is -0.438 e. The van der Waals surface area contributed by atoms with Crippen molar-refractivity contribution in [1.29, 1.82) is 0 Å². The molecule has 0 spiro atoms. The smallest absolute Gasteiger partial charge is 0.411 e. The molecule has 2 atom stereocenters. The average Bonchev–Trinajstić information content (AvgIpc) is 3.28. The fourth-order valence-corrected chi connectivity index (χ4v) is 4.56. The summed E-state index contributed by atoms with van der Waals surface area (Å²) in [6, 6.07) is 17.9. The third kappa shape index (κ3) is 4.57. The van der Waals surface area contributed by atoms with Crippen LogP contribution in [0.15, 0.2) is 65.7 Å². The maximum absolute atomic E-state index is 13.2. The van der Waals surface area contributed by atoms with Gasteiger partial charge in [0.25, 0.3) is 0 Å². The van der Waals surface area contributed by atoms with Gasteiger partial charge in [-0.25, -0.2) is 4.79 Å². The number of carbonyl (C=O) groups excluding carboxylic acids is 1. The van der Waals surface area contributed by atoms with Crippen LogP contribution in [0.1, 0.15) is 62.8 Å². The van der Waals surface area contributed by atoms with Crippen molar-refractivity contribution < 1.29 is 14.6 Å². The Morgan fingerprint density at radius 3 is 2.45 bits per heavy atom. The second-order valence-electron chi connectivity index (χ2n) is 9.10. The summed E-state index contributed by atoms with van der Waals surface area (Å²) in [7, 11) is 0. The van der Waals surface area contributed by atoms with Crippen LogP contribution in [0.4, 0.5) is 4.79 Å². The number of carbonyl (C=O) groups is 1. The number of ether oxygens (including phenoxy) is 1. The minimum absolute atomic E-state index is 0.112. The van der Waals surface area contributed by atoms with Crippen LogP contribution < -0.4 is 0 Å². The van der Waals surface area contributed by atoms with E-state index in [0.717, 1.165) is 28.8 Å². The lowest BCUT2D eigenvalue weighted by Crippen LogP contribution is -2.51. The summed E-state index contributed by atoms with van der Waals surface area (Å²) in [6.45, 7) is 6.09. The average molecular weight is 419 g/mol. The number of aliphatic imine (C=N–C) groups is 1. The molecule has 162 valence electrons. The number of benzene rings is 2. The van der Waals surface area contributed by atoms with E-state index in [9.17, 15) is 9.90 Å². The van der Waals surface area contributed by atoms with Gasteiger partial charge in [0.05, 0.1) is 17.3 Å². The maximum Gasteiger partial charge on any atom is 0.411 e. The van der Waals surface area contributed by atoms with E-state index in [4.69, 9.17) is 4.74 Å². The topological polar surface area (TPSA) is 62.1 Å². The molecule has 31 heavy (non-hydrogen) atoms. The first kappa shape index (κ1) is 21.3. The van der Waals surface area contributed by atoms with Gasteiger partial charge in [0, 0.05) is 32.0 Å². The third-order valence-corrected chi connectivity index (χ3v) is 6.10. The van der Waals surface area contributed by atoms with Gasteiger partial charge in [-0.2, -0.15) is 0 Å². The van der Waals surface area contributed by atoms with Gasteiger partial charge in [-0.15, -0.1) is 0 Å². The molecule has 5 heteroatoms. The number of aliphatic hydroxyl groups is 1. The molecule has 1 fully saturated rings. The molecule has 0 bridgehead atoms. The second-order valence-corrected chi connectivity index (χ2v) is 9.10. The molecule has 1 N–H and O–H groups in total. The standard InChI is InChI=1S/C26H30N2O3/c1-19(20-11-13-21(14-12-20)23-10-7-16-27-23)28-17-15-26(31-24(28)29,18-25(2,3)30)22-8-5-4-6-9-22/h4-6,8-14,16,19,30H,7,15,17-18H2,1-3H3/t19-,26-/m0/s1. The van der Waals surface area contributed by atoms with Gasteiger partial charge in [-0.05, 0) is 37.5 Å². The van der Waals surface area contributed by atoms with Crippen LogP contribution in [0.3, 0.4) is 0 Å². The van der Waals surface area contributed by atoms with Crippen molar-refractivity contribution in [2.75, 3.05) is 6.54 Å². The van der Waals surface area contributed by atoms with Gasteiger partial charge in [0.15, 0.2) is 0 Å². The molecule has 0 saturated carbocycles. The molecule has 5 nitrogen and oxygen atoms in total. The highest BCUT2D eigenvalue weighted by Gasteiger charge is 2.46. The predicted octanol–water partition coefficient (Wildman–Crippen LogP) is 5.46. The van der Waals surface area contributed by atoms with Crippen LogP contribution in [-0.4, -0.2) is 34.5 Å². The molecule has 2 heterocycles. The largest absolute Gasteiger partial charge is 0.438 e. The predicted molar refractivity (Wildman–Crippen MR) is 123 cm³/mol. The zero-order valence-corrected chi connectivity index (χ0v) is 18.4. The maximum atomic E-state index is 13.2. The Hall–Kier alpha value is -2.92.